The zero-order chi connectivity index (χ0) is 48.3. The standard InChI is InChI=1S/C47H48F6O13/c1-39(2)33(32(36(56)59-5)64-37(57)43(60-6,46(48,49)50)26-14-10-8-11-15-26)41(4)29-18-20-40(3)30(22-31(54)63-35(40)25-19-21-62-24-25)42(29)23-28(34(39)55)45(41,66-42)65-38(58)44(61-7,47(51,52)53)27-16-12-9-13-17-27/h8-17,19,21,24,28-30,32-33,35H,18,20,22-23H2,1-7H3/t28-,29+,30+,32-,33-,35-,40+,41+,42+,43+,44+,45?/m0/s1. The summed E-state index contributed by atoms with van der Waals surface area (Å²) in [5.41, 5.74) is -15.5. The maximum Gasteiger partial charge on any atom is 0.432 e. The molecule has 5 aliphatic rings. The number of rotatable bonds is 11. The van der Waals surface area contributed by atoms with Crippen molar-refractivity contribution in [2.75, 3.05) is 21.3 Å². The molecule has 0 amide bonds. The molecule has 8 rings (SSSR count). The Morgan fingerprint density at radius 2 is 1.33 bits per heavy atom. The van der Waals surface area contributed by atoms with Gasteiger partial charge in [0, 0.05) is 64.9 Å². The van der Waals surface area contributed by atoms with Crippen molar-refractivity contribution in [1.29, 1.82) is 0 Å². The second-order valence-electron chi connectivity index (χ2n) is 18.8. The number of fused-ring (bicyclic) bond motifs is 2. The van der Waals surface area contributed by atoms with Crippen LogP contribution in [0.15, 0.2) is 83.7 Å². The van der Waals surface area contributed by atoms with Gasteiger partial charge in [-0.3, -0.25) is 9.59 Å². The number of hydrogen-bond acceptors (Lipinski definition) is 13. The summed E-state index contributed by atoms with van der Waals surface area (Å²) in [4.78, 5) is 73.0. The van der Waals surface area contributed by atoms with Crippen LogP contribution in [0.3, 0.4) is 0 Å². The molecule has 1 aromatic heterocycles. The van der Waals surface area contributed by atoms with E-state index in [4.69, 9.17) is 37.6 Å². The number of furan rings is 1. The highest BCUT2D eigenvalue weighted by atomic mass is 19.4. The number of benzene rings is 2. The lowest BCUT2D eigenvalue weighted by molar-refractivity contribution is -0.326. The van der Waals surface area contributed by atoms with Crippen LogP contribution in [-0.2, 0) is 68.3 Å². The first-order valence-electron chi connectivity index (χ1n) is 21.2. The van der Waals surface area contributed by atoms with Crippen LogP contribution in [0.5, 0.6) is 0 Å². The molecule has 66 heavy (non-hydrogen) atoms. The van der Waals surface area contributed by atoms with E-state index in [-0.39, 0.29) is 25.7 Å². The average molecular weight is 935 g/mol. The molecule has 0 N–H and O–H groups in total. The lowest BCUT2D eigenvalue weighted by atomic mass is 9.37. The molecule has 19 heteroatoms. The van der Waals surface area contributed by atoms with Crippen LogP contribution in [0.1, 0.15) is 76.2 Å². The molecule has 2 bridgehead atoms. The fourth-order valence-electron chi connectivity index (χ4n) is 13.1. The Labute approximate surface area is 374 Å². The van der Waals surface area contributed by atoms with E-state index >= 15 is 31.1 Å². The molecule has 2 aliphatic carbocycles. The van der Waals surface area contributed by atoms with Crippen LogP contribution < -0.4 is 0 Å². The topological polar surface area (TPSA) is 163 Å². The molecule has 4 heterocycles. The maximum atomic E-state index is 15.7. The van der Waals surface area contributed by atoms with Crippen LogP contribution in [0.4, 0.5) is 26.3 Å². The number of Topliss-reactive ketones (excluding diaryl/α,β-unsaturated/α-hetero) is 1. The SMILES string of the molecule is COC(=O)[C@@H](OC(=O)[C@](OC)(c1ccccc1)C(F)(F)F)[C@H]1C(C)(C)C(=O)[C@@H]2C[C@@]34OC2(OC(=O)[C@](OC)(c2ccccc2)C(F)(F)F)[C@]1(C)[C@H]3CC[C@]1(C)[C@H]4CC(=O)O[C@H]1c1ccoc1. The Morgan fingerprint density at radius 1 is 0.773 bits per heavy atom. The minimum atomic E-state index is -5.54. The molecule has 1 unspecified atom stereocenters. The smallest absolute Gasteiger partial charge is 0.432 e. The Kier molecular flexibility index (Phi) is 11.0. The third-order valence-electron chi connectivity index (χ3n) is 15.7. The Balaban J connectivity index is 1.37. The molecule has 2 saturated carbocycles. The normalized spacial score (nSPS) is 34.4. The number of carbonyl (C=O) groups excluding carboxylic acids is 5. The van der Waals surface area contributed by atoms with E-state index in [1.807, 2.05) is 6.92 Å². The first-order chi connectivity index (χ1) is 30.9. The summed E-state index contributed by atoms with van der Waals surface area (Å²) in [7, 11) is 2.11. The van der Waals surface area contributed by atoms with Gasteiger partial charge < -0.3 is 37.6 Å². The molecular formula is C47H48F6O13. The van der Waals surface area contributed by atoms with Crippen LogP contribution in [0.2, 0.25) is 0 Å². The number of carbonyl (C=O) groups is 5. The quantitative estimate of drug-likeness (QED) is 0.104. The zero-order valence-electron chi connectivity index (χ0n) is 36.9. The van der Waals surface area contributed by atoms with E-state index in [0.29, 0.717) is 19.8 Å². The van der Waals surface area contributed by atoms with Gasteiger partial charge in [-0.15, -0.1) is 0 Å². The van der Waals surface area contributed by atoms with E-state index in [1.54, 1.807) is 6.07 Å². The lowest BCUT2D eigenvalue weighted by Gasteiger charge is -2.65. The molecule has 13 nitrogen and oxygen atoms in total. The molecule has 5 fully saturated rings. The third kappa shape index (κ3) is 5.99. The summed E-state index contributed by atoms with van der Waals surface area (Å²) in [5.74, 6) is -15.6. The average Bonchev–Trinajstić information content (AvgIpc) is 3.96. The summed E-state index contributed by atoms with van der Waals surface area (Å²) in [6.07, 6.45) is -12.2. The third-order valence-corrected chi connectivity index (χ3v) is 15.7. The van der Waals surface area contributed by atoms with E-state index in [0.717, 1.165) is 31.4 Å². The highest BCUT2D eigenvalue weighted by Crippen LogP contribution is 2.81. The van der Waals surface area contributed by atoms with E-state index in [9.17, 15) is 19.2 Å². The van der Waals surface area contributed by atoms with Gasteiger partial charge in [0.15, 0.2) is 0 Å². The van der Waals surface area contributed by atoms with E-state index < -0.39 is 128 Å². The van der Waals surface area contributed by atoms with Crippen molar-refractivity contribution in [3.63, 3.8) is 0 Å². The minimum absolute atomic E-state index is 0.0337. The predicted molar refractivity (Wildman–Crippen MR) is 212 cm³/mol. The van der Waals surface area contributed by atoms with Crippen molar-refractivity contribution >= 4 is 29.7 Å². The number of methoxy groups -OCH3 is 3. The van der Waals surface area contributed by atoms with Crippen molar-refractivity contribution in [3.05, 3.63) is 95.9 Å². The van der Waals surface area contributed by atoms with Gasteiger partial charge >= 0.3 is 36.2 Å². The largest absolute Gasteiger partial charge is 0.472 e. The van der Waals surface area contributed by atoms with Crippen LogP contribution in [-0.4, -0.2) is 80.8 Å². The number of ketones is 1. The predicted octanol–water partition coefficient (Wildman–Crippen LogP) is 7.85. The zero-order valence-corrected chi connectivity index (χ0v) is 36.9. The van der Waals surface area contributed by atoms with Crippen molar-refractivity contribution in [1.82, 2.24) is 0 Å². The Hall–Kier alpha value is -5.27. The Bertz CT molecular complexity index is 2410. The van der Waals surface area contributed by atoms with Crippen molar-refractivity contribution in [3.8, 4) is 0 Å². The first-order valence-corrected chi connectivity index (χ1v) is 21.2. The number of hydrogen-bond donors (Lipinski definition) is 0. The summed E-state index contributed by atoms with van der Waals surface area (Å²) in [6.45, 7) is 5.92. The van der Waals surface area contributed by atoms with Gasteiger partial charge in [-0.2, -0.15) is 26.3 Å². The first kappa shape index (κ1) is 47.2. The van der Waals surface area contributed by atoms with Gasteiger partial charge in [-0.1, -0.05) is 88.4 Å². The van der Waals surface area contributed by atoms with Crippen LogP contribution >= 0.6 is 0 Å². The number of halogens is 6. The molecule has 356 valence electrons. The minimum Gasteiger partial charge on any atom is -0.472 e. The van der Waals surface area contributed by atoms with Crippen molar-refractivity contribution in [2.45, 2.75) is 101 Å². The molecule has 3 aliphatic heterocycles. The monoisotopic (exact) mass is 934 g/mol. The fraction of sp³-hybridized carbons (Fsp3) is 0.553. The molecule has 2 aromatic carbocycles. The molecule has 0 radical (unpaired) electrons. The van der Waals surface area contributed by atoms with Crippen molar-refractivity contribution < 1.29 is 87.9 Å². The van der Waals surface area contributed by atoms with E-state index in [2.05, 4.69) is 0 Å². The highest BCUT2D eigenvalue weighted by molar-refractivity contribution is 5.93. The summed E-state index contributed by atoms with van der Waals surface area (Å²) < 4.78 is 139. The molecule has 12 atom stereocenters. The highest BCUT2D eigenvalue weighted by Gasteiger charge is 2.90. The maximum absolute atomic E-state index is 15.7. The van der Waals surface area contributed by atoms with Gasteiger partial charge in [0.2, 0.25) is 11.9 Å². The molecular weight excluding hydrogens is 886 g/mol. The molecule has 3 saturated heterocycles. The number of esters is 4. The lowest BCUT2D eigenvalue weighted by Crippen LogP contribution is -2.74. The number of alkyl halides is 6. The van der Waals surface area contributed by atoms with Gasteiger partial charge in [0.1, 0.15) is 11.9 Å². The second-order valence-corrected chi connectivity index (χ2v) is 18.8. The summed E-state index contributed by atoms with van der Waals surface area (Å²) in [6, 6.07) is 13.1. The summed E-state index contributed by atoms with van der Waals surface area (Å²) >= 11 is 0. The fourth-order valence-corrected chi connectivity index (χ4v) is 13.1. The van der Waals surface area contributed by atoms with Gasteiger partial charge in [-0.25, -0.2) is 14.4 Å². The van der Waals surface area contributed by atoms with Gasteiger partial charge in [0.05, 0.1) is 37.6 Å². The van der Waals surface area contributed by atoms with Gasteiger partial charge in [-0.05, 0) is 25.3 Å². The van der Waals surface area contributed by atoms with Gasteiger partial charge in [0.25, 0.3) is 11.2 Å². The molecule has 1 spiro atoms. The molecule has 3 aromatic rings. The summed E-state index contributed by atoms with van der Waals surface area (Å²) in [5, 5.41) is 0. The Morgan fingerprint density at radius 3 is 1.83 bits per heavy atom. The number of cyclic esters (lactones) is 1. The second kappa shape index (κ2) is 15.4. The van der Waals surface area contributed by atoms with Crippen molar-refractivity contribution in [2.24, 2.45) is 39.9 Å². The van der Waals surface area contributed by atoms with E-state index in [1.165, 1.54) is 69.7 Å². The number of ether oxygens (including phenoxy) is 7. The van der Waals surface area contributed by atoms with Crippen LogP contribution in [0.25, 0.3) is 0 Å². The van der Waals surface area contributed by atoms with Crippen LogP contribution in [0, 0.1) is 39.9 Å².